The normalized spacial score (nSPS) is 26.5. The molecule has 13 aliphatic rings. The maximum atomic E-state index is 13.5. The number of amides is 2. The second kappa shape index (κ2) is 31.6. The quantitative estimate of drug-likeness (QED) is 0.146. The molecule has 13 aliphatic heterocycles. The van der Waals surface area contributed by atoms with Gasteiger partial charge in [0.05, 0.1) is 23.8 Å². The molecule has 8 aromatic carbocycles. The van der Waals surface area contributed by atoms with Gasteiger partial charge in [0, 0.05) is 75.8 Å². The van der Waals surface area contributed by atoms with Gasteiger partial charge in [-0.1, -0.05) is 133 Å². The molecule has 10 nitrogen and oxygen atoms in total. The fourth-order valence-corrected chi connectivity index (χ4v) is 17.7. The molecule has 514 valence electrons. The Labute approximate surface area is 582 Å². The minimum Gasteiger partial charge on any atom is -0.331 e. The Morgan fingerprint density at radius 1 is 0.414 bits per heavy atom. The highest BCUT2D eigenvalue weighted by Gasteiger charge is 2.41. The number of hydrogen-bond acceptors (Lipinski definition) is 8. The minimum atomic E-state index is -0.238. The molecule has 6 atom stereocenters. The summed E-state index contributed by atoms with van der Waals surface area (Å²) in [6, 6.07) is 60.6. The van der Waals surface area contributed by atoms with Crippen LogP contribution in [0.1, 0.15) is 136 Å². The molecule has 14 heteroatoms. The maximum Gasteiger partial charge on any atom is 0.223 e. The molecule has 3 N–H and O–H groups in total. The van der Waals surface area contributed by atoms with Gasteiger partial charge in [0.15, 0.2) is 0 Å². The Hall–Kier alpha value is -8.11. The molecule has 0 aromatic heterocycles. The van der Waals surface area contributed by atoms with Crippen molar-refractivity contribution in [2.75, 3.05) is 85.1 Å². The molecule has 0 radical (unpaired) electrons. The predicted octanol–water partition coefficient (Wildman–Crippen LogP) is 14.4. The van der Waals surface area contributed by atoms with E-state index in [0.29, 0.717) is 42.6 Å². The van der Waals surface area contributed by atoms with Gasteiger partial charge in [-0.2, -0.15) is 0 Å². The van der Waals surface area contributed by atoms with Crippen molar-refractivity contribution < 1.29 is 27.2 Å². The molecule has 1 unspecified atom stereocenters. The summed E-state index contributed by atoms with van der Waals surface area (Å²) in [5.41, 5.74) is 21.1. The van der Waals surface area contributed by atoms with Crippen LogP contribution in [-0.2, 0) is 35.3 Å². The lowest BCUT2D eigenvalue weighted by Crippen LogP contribution is -2.54. The third-order valence-electron chi connectivity index (χ3n) is 23.1. The van der Waals surface area contributed by atoms with Crippen molar-refractivity contribution in [2.24, 2.45) is 40.3 Å². The van der Waals surface area contributed by atoms with Gasteiger partial charge in [0.2, 0.25) is 11.8 Å². The lowest BCUT2D eigenvalue weighted by Gasteiger charge is -2.46. The summed E-state index contributed by atoms with van der Waals surface area (Å²) < 4.78 is 52.9. The molecule has 99 heavy (non-hydrogen) atoms. The summed E-state index contributed by atoms with van der Waals surface area (Å²) in [6.45, 7) is 14.0. The molecular weight excluding hydrogens is 1240 g/mol. The summed E-state index contributed by atoms with van der Waals surface area (Å²) in [6.07, 6.45) is 12.8. The third-order valence-corrected chi connectivity index (χ3v) is 23.1. The smallest absolute Gasteiger partial charge is 0.223 e. The van der Waals surface area contributed by atoms with Crippen LogP contribution in [0.2, 0.25) is 0 Å². The zero-order valence-corrected chi connectivity index (χ0v) is 56.9. The van der Waals surface area contributed by atoms with Gasteiger partial charge >= 0.3 is 0 Å². The molecule has 9 saturated heterocycles. The highest BCUT2D eigenvalue weighted by molar-refractivity contribution is 6.14. The zero-order chi connectivity index (χ0) is 67.8. The largest absolute Gasteiger partial charge is 0.331 e. The number of benzene rings is 8. The second-order valence-electron chi connectivity index (χ2n) is 29.0. The minimum absolute atomic E-state index is 0.112. The van der Waals surface area contributed by atoms with Crippen molar-refractivity contribution in [2.45, 2.75) is 101 Å². The van der Waals surface area contributed by atoms with Crippen molar-refractivity contribution in [1.29, 1.82) is 0 Å². The van der Waals surface area contributed by atoms with E-state index in [1.807, 2.05) is 70.5 Å². The van der Waals surface area contributed by atoms with Crippen LogP contribution < -0.4 is 11.1 Å². The number of carbonyl (C=O) groups is 2. The van der Waals surface area contributed by atoms with Crippen LogP contribution in [-0.4, -0.2) is 133 Å². The van der Waals surface area contributed by atoms with Crippen LogP contribution in [0.25, 0.3) is 0 Å². The van der Waals surface area contributed by atoms with Crippen LogP contribution >= 0.6 is 0 Å². The van der Waals surface area contributed by atoms with Crippen LogP contribution in [0.15, 0.2) is 199 Å². The fraction of sp³-hybridized carbons (Fsp3) is 0.400. The van der Waals surface area contributed by atoms with Gasteiger partial charge in [-0.25, -0.2) is 17.6 Å². The zero-order valence-electron chi connectivity index (χ0n) is 56.9. The standard InChI is InChI=1S/2C24H27FN2O.C15H14FN.C15H12FN.C7H14N2/c2*25-21-7-5-19(6-8-21)24-22-4-2-1-3-18(22)11-14-27(24)23(28)15-20-16-26-12-9-17(20)10-13-26;2*16-13-7-5-12(6-8-13)15-14-4-2-1-3-11(14)9-10-17-15;8-7-5-9-3-1-6(7)2-4-9/h2*1-8,17,20,24H,9-16H2;1-8,15,17H,9-10H2;1-8H,9-10H2;6-7H,1-5,8H2/t20-,24+;20-,24-;;;7-/m11..1/s1. The van der Waals surface area contributed by atoms with Crippen molar-refractivity contribution in [3.8, 4) is 0 Å². The maximum absolute atomic E-state index is 13.5. The Balaban J connectivity index is 0.000000110. The van der Waals surface area contributed by atoms with E-state index in [9.17, 15) is 27.2 Å². The topological polar surface area (TPSA) is 101 Å². The van der Waals surface area contributed by atoms with E-state index in [1.165, 1.54) is 171 Å². The number of piperidine rings is 9. The van der Waals surface area contributed by atoms with Crippen LogP contribution in [0.5, 0.6) is 0 Å². The number of aliphatic imine (C=N–C) groups is 1. The van der Waals surface area contributed by atoms with Crippen molar-refractivity contribution in [3.63, 3.8) is 0 Å². The number of carbonyl (C=O) groups excluding carboxylic acids is 2. The first kappa shape index (κ1) is 68.0. The lowest BCUT2D eigenvalue weighted by atomic mass is 9.77. The molecule has 0 aliphatic carbocycles. The molecule has 13 heterocycles. The molecule has 2 amide bonds. The monoisotopic (exact) mass is 1330 g/mol. The summed E-state index contributed by atoms with van der Waals surface area (Å²) in [4.78, 5) is 43.0. The van der Waals surface area contributed by atoms with E-state index >= 15 is 0 Å². The van der Waals surface area contributed by atoms with E-state index in [4.69, 9.17) is 5.73 Å². The average Bonchev–Trinajstić information content (AvgIpc) is 0.796. The predicted molar refractivity (Wildman–Crippen MR) is 385 cm³/mol. The van der Waals surface area contributed by atoms with Crippen LogP contribution in [0, 0.1) is 52.9 Å². The number of halogens is 4. The summed E-state index contributed by atoms with van der Waals surface area (Å²) in [5.74, 6) is 2.88. The Morgan fingerprint density at radius 3 is 1.23 bits per heavy atom. The summed E-state index contributed by atoms with van der Waals surface area (Å²) >= 11 is 0. The van der Waals surface area contributed by atoms with E-state index in [-0.39, 0.29) is 53.2 Å². The Morgan fingerprint density at radius 2 is 0.808 bits per heavy atom. The van der Waals surface area contributed by atoms with E-state index in [1.54, 1.807) is 12.1 Å². The van der Waals surface area contributed by atoms with Gasteiger partial charge in [-0.15, -0.1) is 0 Å². The van der Waals surface area contributed by atoms with Crippen LogP contribution in [0.4, 0.5) is 17.6 Å². The molecule has 9 fully saturated rings. The van der Waals surface area contributed by atoms with E-state index in [2.05, 4.69) is 97.8 Å². The molecule has 8 aromatic rings. The summed E-state index contributed by atoms with van der Waals surface area (Å²) in [5, 5.41) is 3.49. The van der Waals surface area contributed by atoms with Gasteiger partial charge in [-0.05, 0) is 249 Å². The second-order valence-corrected chi connectivity index (χ2v) is 29.0. The number of fused-ring (bicyclic) bond motifs is 13. The van der Waals surface area contributed by atoms with E-state index < -0.39 is 0 Å². The lowest BCUT2D eigenvalue weighted by molar-refractivity contribution is -0.136. The molecule has 0 spiro atoms. The van der Waals surface area contributed by atoms with Gasteiger partial charge in [0.1, 0.15) is 23.3 Å². The van der Waals surface area contributed by atoms with E-state index in [0.717, 1.165) is 105 Å². The third kappa shape index (κ3) is 16.1. The number of hydrogen-bond donors (Lipinski definition) is 2. The first-order chi connectivity index (χ1) is 48.4. The molecule has 21 rings (SSSR count). The molecule has 0 saturated carbocycles. The Bertz CT molecular complexity index is 3910. The fourth-order valence-electron chi connectivity index (χ4n) is 17.7. The molecular formula is C85H94F4N8O2. The number of rotatable bonds is 8. The first-order valence-corrected chi connectivity index (χ1v) is 36.6. The van der Waals surface area contributed by atoms with Gasteiger partial charge in [0.25, 0.3) is 0 Å². The highest BCUT2D eigenvalue weighted by atomic mass is 19.1. The number of nitrogens with zero attached hydrogens (tertiary/aromatic N) is 6. The van der Waals surface area contributed by atoms with Gasteiger partial charge in [-0.3, -0.25) is 14.6 Å². The molecule has 6 bridgehead atoms. The van der Waals surface area contributed by atoms with Crippen molar-refractivity contribution in [1.82, 2.24) is 29.8 Å². The highest BCUT2D eigenvalue weighted by Crippen LogP contribution is 2.42. The Kier molecular flexibility index (Phi) is 21.7. The average molecular weight is 1340 g/mol. The van der Waals surface area contributed by atoms with Crippen LogP contribution in [0.3, 0.4) is 0 Å². The number of nitrogens with one attached hydrogen (secondary N) is 1. The van der Waals surface area contributed by atoms with Crippen molar-refractivity contribution >= 4 is 17.5 Å². The number of nitrogens with two attached hydrogens (primary N) is 1. The van der Waals surface area contributed by atoms with Gasteiger partial charge < -0.3 is 35.6 Å². The summed E-state index contributed by atoms with van der Waals surface area (Å²) in [7, 11) is 0. The SMILES string of the molecule is Fc1ccc(C2=NCCc3ccccc32)cc1.Fc1ccc(C2NCCc3ccccc32)cc1.N[C@@H]1CN2CCC1CC2.O=C(C[C@@H]1CN2CCC1CC2)N1CCc2ccccc2[C@@H]1c1ccc(F)cc1.O=C(C[C@@H]1CN2CCC1CC2)N1CCc2ccccc2[C@H]1c1ccc(F)cc1. The first-order valence-electron chi connectivity index (χ1n) is 36.6. The van der Waals surface area contributed by atoms with Crippen molar-refractivity contribution in [3.05, 3.63) is 284 Å².